The molecule has 0 bridgehead atoms. The Morgan fingerprint density at radius 1 is 1.53 bits per heavy atom. The average molecular weight is 327 g/mol. The summed E-state index contributed by atoms with van der Waals surface area (Å²) in [6.45, 7) is 2.25. The summed E-state index contributed by atoms with van der Waals surface area (Å²) in [5.41, 5.74) is 2.52. The fraction of sp³-hybridized carbons (Fsp3) is 0.533. The van der Waals surface area contributed by atoms with Crippen LogP contribution < -0.4 is 4.74 Å². The largest absolute Gasteiger partial charge is 0.497 e. The van der Waals surface area contributed by atoms with E-state index in [2.05, 4.69) is 28.1 Å². The van der Waals surface area contributed by atoms with Gasteiger partial charge in [-0.05, 0) is 49.4 Å². The van der Waals surface area contributed by atoms with E-state index in [-0.39, 0.29) is 16.7 Å². The molecule has 1 aliphatic carbocycles. The van der Waals surface area contributed by atoms with Gasteiger partial charge in [0.05, 0.1) is 13.7 Å². The lowest BCUT2D eigenvalue weighted by Crippen LogP contribution is -2.27. The fourth-order valence-electron chi connectivity index (χ4n) is 2.65. The maximum Gasteiger partial charge on any atom is 0.320 e. The zero-order valence-electron chi connectivity index (χ0n) is 11.3. The first-order chi connectivity index (χ1) is 9.17. The molecule has 1 aromatic carbocycles. The summed E-state index contributed by atoms with van der Waals surface area (Å²) in [6.07, 6.45) is 3.14. The molecule has 1 aromatic rings. The van der Waals surface area contributed by atoms with Crippen LogP contribution in [0.1, 0.15) is 36.8 Å². The molecule has 0 aliphatic heterocycles. The highest BCUT2D eigenvalue weighted by atomic mass is 79.9. The van der Waals surface area contributed by atoms with Gasteiger partial charge in [0, 0.05) is 5.92 Å². The van der Waals surface area contributed by atoms with Crippen LogP contribution in [-0.4, -0.2) is 24.5 Å². The van der Waals surface area contributed by atoms with Crippen molar-refractivity contribution in [1.82, 2.24) is 0 Å². The first-order valence-electron chi connectivity index (χ1n) is 6.65. The molecule has 0 N–H and O–H groups in total. The highest BCUT2D eigenvalue weighted by Crippen LogP contribution is 2.38. The van der Waals surface area contributed by atoms with Gasteiger partial charge in [-0.2, -0.15) is 0 Å². The maximum absolute atomic E-state index is 11.9. The number of halogens is 1. The van der Waals surface area contributed by atoms with Crippen molar-refractivity contribution in [2.75, 3.05) is 13.7 Å². The SMILES string of the molecule is CCOC(=O)[C@H](Br)[C@H]1CCCc2cc(OC)ccc21. The number of ether oxygens (including phenoxy) is 2. The van der Waals surface area contributed by atoms with Gasteiger partial charge in [-0.1, -0.05) is 22.0 Å². The van der Waals surface area contributed by atoms with Gasteiger partial charge in [0.2, 0.25) is 0 Å². The molecule has 2 rings (SSSR count). The standard InChI is InChI=1S/C15H19BrO3/c1-3-19-15(17)14(16)13-6-4-5-10-9-11(18-2)7-8-12(10)13/h7-9,13-14H,3-6H2,1-2H3/t13-,14+/m0/s1. The molecule has 0 heterocycles. The summed E-state index contributed by atoms with van der Waals surface area (Å²) in [7, 11) is 1.67. The van der Waals surface area contributed by atoms with E-state index in [9.17, 15) is 4.79 Å². The quantitative estimate of drug-likeness (QED) is 0.628. The molecule has 2 atom stereocenters. The molecule has 3 nitrogen and oxygen atoms in total. The van der Waals surface area contributed by atoms with E-state index in [0.29, 0.717) is 6.61 Å². The van der Waals surface area contributed by atoms with E-state index in [4.69, 9.17) is 9.47 Å². The molecule has 104 valence electrons. The van der Waals surface area contributed by atoms with E-state index in [1.807, 2.05) is 13.0 Å². The number of benzene rings is 1. The molecule has 19 heavy (non-hydrogen) atoms. The number of hydrogen-bond acceptors (Lipinski definition) is 3. The summed E-state index contributed by atoms with van der Waals surface area (Å²) in [6, 6.07) is 6.11. The predicted octanol–water partition coefficient (Wildman–Crippen LogP) is 3.44. The van der Waals surface area contributed by atoms with E-state index in [1.54, 1.807) is 7.11 Å². The first-order valence-corrected chi connectivity index (χ1v) is 7.56. The Labute approximate surface area is 122 Å². The minimum absolute atomic E-state index is 0.170. The number of alkyl halides is 1. The molecular formula is C15H19BrO3. The van der Waals surface area contributed by atoms with Crippen LogP contribution in [0.4, 0.5) is 0 Å². The van der Waals surface area contributed by atoms with Crippen molar-refractivity contribution in [2.45, 2.75) is 36.9 Å². The Kier molecular flexibility index (Phi) is 4.86. The van der Waals surface area contributed by atoms with Gasteiger partial charge < -0.3 is 9.47 Å². The molecule has 0 spiro atoms. The summed E-state index contributed by atoms with van der Waals surface area (Å²) in [5.74, 6) is 0.895. The third kappa shape index (κ3) is 3.11. The van der Waals surface area contributed by atoms with E-state index in [0.717, 1.165) is 25.0 Å². The average Bonchev–Trinajstić information content (AvgIpc) is 2.45. The first kappa shape index (κ1) is 14.4. The lowest BCUT2D eigenvalue weighted by Gasteiger charge is -2.28. The van der Waals surface area contributed by atoms with E-state index >= 15 is 0 Å². The number of aryl methyl sites for hydroxylation is 1. The van der Waals surface area contributed by atoms with Crippen molar-refractivity contribution in [3.63, 3.8) is 0 Å². The molecular weight excluding hydrogens is 308 g/mol. The van der Waals surface area contributed by atoms with Gasteiger partial charge in [-0.25, -0.2) is 0 Å². The minimum atomic E-state index is -0.264. The van der Waals surface area contributed by atoms with Crippen LogP contribution in [0.2, 0.25) is 0 Å². The zero-order valence-corrected chi connectivity index (χ0v) is 12.9. The van der Waals surface area contributed by atoms with Crippen molar-refractivity contribution in [3.8, 4) is 5.75 Å². The van der Waals surface area contributed by atoms with Crippen molar-refractivity contribution >= 4 is 21.9 Å². The van der Waals surface area contributed by atoms with Crippen LogP contribution in [0.5, 0.6) is 5.75 Å². The Morgan fingerprint density at radius 2 is 2.32 bits per heavy atom. The van der Waals surface area contributed by atoms with Crippen LogP contribution in [0.25, 0.3) is 0 Å². The van der Waals surface area contributed by atoms with Gasteiger partial charge in [-0.15, -0.1) is 0 Å². The van der Waals surface area contributed by atoms with Gasteiger partial charge in [0.25, 0.3) is 0 Å². The maximum atomic E-state index is 11.9. The van der Waals surface area contributed by atoms with Crippen molar-refractivity contribution in [2.24, 2.45) is 0 Å². The van der Waals surface area contributed by atoms with Crippen LogP contribution in [0.15, 0.2) is 18.2 Å². The number of rotatable bonds is 4. The number of esters is 1. The third-order valence-corrected chi connectivity index (χ3v) is 4.59. The lowest BCUT2D eigenvalue weighted by molar-refractivity contribution is -0.142. The molecule has 0 saturated carbocycles. The summed E-state index contributed by atoms with van der Waals surface area (Å²) in [4.78, 5) is 11.6. The highest BCUT2D eigenvalue weighted by Gasteiger charge is 2.31. The van der Waals surface area contributed by atoms with Crippen LogP contribution in [0.3, 0.4) is 0 Å². The van der Waals surface area contributed by atoms with Crippen LogP contribution >= 0.6 is 15.9 Å². The monoisotopic (exact) mass is 326 g/mol. The van der Waals surface area contributed by atoms with Crippen molar-refractivity contribution in [1.29, 1.82) is 0 Å². The van der Waals surface area contributed by atoms with Gasteiger partial charge >= 0.3 is 5.97 Å². The highest BCUT2D eigenvalue weighted by molar-refractivity contribution is 9.10. The minimum Gasteiger partial charge on any atom is -0.497 e. The van der Waals surface area contributed by atoms with Crippen LogP contribution in [0, 0.1) is 0 Å². The Bertz CT molecular complexity index is 459. The molecule has 0 radical (unpaired) electrons. The fourth-order valence-corrected chi connectivity index (χ4v) is 3.33. The Hall–Kier alpha value is -1.03. The molecule has 0 fully saturated rings. The van der Waals surface area contributed by atoms with Gasteiger partial charge in [-0.3, -0.25) is 4.79 Å². The van der Waals surface area contributed by atoms with E-state index in [1.165, 1.54) is 11.1 Å². The number of methoxy groups -OCH3 is 1. The summed E-state index contributed by atoms with van der Waals surface area (Å²) in [5, 5.41) is 0. The molecule has 0 saturated heterocycles. The lowest BCUT2D eigenvalue weighted by atomic mass is 9.81. The van der Waals surface area contributed by atoms with Gasteiger partial charge in [0.1, 0.15) is 10.6 Å². The molecule has 0 unspecified atom stereocenters. The third-order valence-electron chi connectivity index (χ3n) is 3.58. The Morgan fingerprint density at radius 3 is 3.00 bits per heavy atom. The summed E-state index contributed by atoms with van der Waals surface area (Å²) < 4.78 is 10.4. The molecule has 0 amide bonds. The molecule has 1 aliphatic rings. The van der Waals surface area contributed by atoms with Crippen molar-refractivity contribution < 1.29 is 14.3 Å². The second-order valence-electron chi connectivity index (χ2n) is 4.72. The number of fused-ring (bicyclic) bond motifs is 1. The number of carbonyl (C=O) groups is 1. The summed E-state index contributed by atoms with van der Waals surface area (Å²) >= 11 is 3.51. The number of carbonyl (C=O) groups excluding carboxylic acids is 1. The second-order valence-corrected chi connectivity index (χ2v) is 5.70. The number of hydrogen-bond donors (Lipinski definition) is 0. The normalized spacial score (nSPS) is 19.4. The molecule has 4 heteroatoms. The van der Waals surface area contributed by atoms with Crippen molar-refractivity contribution in [3.05, 3.63) is 29.3 Å². The molecule has 0 aromatic heterocycles. The second kappa shape index (κ2) is 6.42. The topological polar surface area (TPSA) is 35.5 Å². The van der Waals surface area contributed by atoms with Crippen LogP contribution in [-0.2, 0) is 16.0 Å². The Balaban J connectivity index is 2.24. The van der Waals surface area contributed by atoms with Gasteiger partial charge in [0.15, 0.2) is 0 Å². The van der Waals surface area contributed by atoms with E-state index < -0.39 is 0 Å². The smallest absolute Gasteiger partial charge is 0.320 e. The zero-order chi connectivity index (χ0) is 13.8. The predicted molar refractivity (Wildman–Crippen MR) is 78.0 cm³/mol.